The number of benzene rings is 1. The summed E-state index contributed by atoms with van der Waals surface area (Å²) in [7, 11) is 0. The first-order chi connectivity index (χ1) is 9.80. The molecule has 0 radical (unpaired) electrons. The number of fused-ring (bicyclic) bond motifs is 1. The molecular formula is C16H22N4. The highest BCUT2D eigenvalue weighted by atomic mass is 15.3. The molecule has 106 valence electrons. The van der Waals surface area contributed by atoms with Crippen LogP contribution >= 0.6 is 0 Å². The third kappa shape index (κ3) is 2.62. The zero-order valence-electron chi connectivity index (χ0n) is 12.0. The second kappa shape index (κ2) is 5.77. The van der Waals surface area contributed by atoms with E-state index in [1.807, 2.05) is 10.9 Å². The van der Waals surface area contributed by atoms with Crippen LogP contribution in [0.3, 0.4) is 0 Å². The van der Waals surface area contributed by atoms with Crippen molar-refractivity contribution in [1.29, 1.82) is 0 Å². The summed E-state index contributed by atoms with van der Waals surface area (Å²) >= 11 is 0. The van der Waals surface area contributed by atoms with Crippen molar-refractivity contribution in [3.8, 4) is 0 Å². The average Bonchev–Trinajstić information content (AvgIpc) is 2.94. The summed E-state index contributed by atoms with van der Waals surface area (Å²) in [5.74, 6) is 0. The van der Waals surface area contributed by atoms with Gasteiger partial charge in [0.1, 0.15) is 0 Å². The van der Waals surface area contributed by atoms with E-state index in [-0.39, 0.29) is 0 Å². The molecule has 2 aromatic rings. The fraction of sp³-hybridized carbons (Fsp3) is 0.438. The lowest BCUT2D eigenvalue weighted by Gasteiger charge is -2.36. The number of rotatable bonds is 4. The Kier molecular flexibility index (Phi) is 3.85. The van der Waals surface area contributed by atoms with Crippen molar-refractivity contribution in [3.63, 3.8) is 0 Å². The number of nitrogens with zero attached hydrogens (tertiary/aromatic N) is 3. The van der Waals surface area contributed by atoms with Gasteiger partial charge in [-0.1, -0.05) is 24.3 Å². The minimum absolute atomic E-state index is 0.426. The van der Waals surface area contributed by atoms with Crippen molar-refractivity contribution >= 4 is 0 Å². The van der Waals surface area contributed by atoms with Crippen molar-refractivity contribution in [2.75, 3.05) is 6.54 Å². The minimum atomic E-state index is 0.426. The van der Waals surface area contributed by atoms with E-state index in [2.05, 4.69) is 47.4 Å². The minimum Gasteiger partial charge on any atom is -0.329 e. The zero-order valence-corrected chi connectivity index (χ0v) is 12.0. The number of hydrogen-bond acceptors (Lipinski definition) is 3. The third-order valence-electron chi connectivity index (χ3n) is 4.13. The first-order valence-electron chi connectivity index (χ1n) is 7.32. The zero-order chi connectivity index (χ0) is 13.9. The van der Waals surface area contributed by atoms with Crippen LogP contribution in [0, 0.1) is 0 Å². The molecule has 4 heteroatoms. The molecule has 0 spiro atoms. The first kappa shape index (κ1) is 13.3. The van der Waals surface area contributed by atoms with Gasteiger partial charge in [-0.2, -0.15) is 5.10 Å². The van der Waals surface area contributed by atoms with Crippen LogP contribution in [0.2, 0.25) is 0 Å². The van der Waals surface area contributed by atoms with Crippen LogP contribution < -0.4 is 5.73 Å². The molecule has 1 atom stereocenters. The summed E-state index contributed by atoms with van der Waals surface area (Å²) < 4.78 is 1.98. The van der Waals surface area contributed by atoms with Gasteiger partial charge in [-0.05, 0) is 24.5 Å². The monoisotopic (exact) mass is 270 g/mol. The predicted molar refractivity (Wildman–Crippen MR) is 80.1 cm³/mol. The molecule has 4 nitrogen and oxygen atoms in total. The quantitative estimate of drug-likeness (QED) is 0.921. The Labute approximate surface area is 120 Å². The number of hydrogen-bond donors (Lipinski definition) is 1. The Morgan fingerprint density at radius 3 is 2.80 bits per heavy atom. The topological polar surface area (TPSA) is 47.1 Å². The molecule has 0 saturated heterocycles. The fourth-order valence-corrected chi connectivity index (χ4v) is 2.95. The summed E-state index contributed by atoms with van der Waals surface area (Å²) in [6.45, 7) is 5.64. The van der Waals surface area contributed by atoms with Gasteiger partial charge in [0.2, 0.25) is 0 Å². The van der Waals surface area contributed by atoms with E-state index < -0.39 is 0 Å². The van der Waals surface area contributed by atoms with Crippen LogP contribution in [0.1, 0.15) is 23.6 Å². The molecule has 1 aromatic carbocycles. The van der Waals surface area contributed by atoms with E-state index in [4.69, 9.17) is 5.73 Å². The van der Waals surface area contributed by atoms with Crippen LogP contribution in [-0.2, 0) is 26.1 Å². The number of nitrogens with two attached hydrogens (primary N) is 1. The van der Waals surface area contributed by atoms with Gasteiger partial charge in [0.25, 0.3) is 0 Å². The number of aryl methyl sites for hydroxylation is 1. The van der Waals surface area contributed by atoms with Gasteiger partial charge in [0, 0.05) is 44.0 Å². The summed E-state index contributed by atoms with van der Waals surface area (Å²) in [5.41, 5.74) is 10.1. The first-order valence-corrected chi connectivity index (χ1v) is 7.32. The second-order valence-electron chi connectivity index (χ2n) is 5.47. The van der Waals surface area contributed by atoms with Crippen LogP contribution in [-0.4, -0.2) is 27.3 Å². The summed E-state index contributed by atoms with van der Waals surface area (Å²) in [6, 6.07) is 9.12. The van der Waals surface area contributed by atoms with Gasteiger partial charge < -0.3 is 5.73 Å². The molecule has 1 aliphatic rings. The highest BCUT2D eigenvalue weighted by Gasteiger charge is 2.25. The van der Waals surface area contributed by atoms with Crippen molar-refractivity contribution in [2.24, 2.45) is 5.73 Å². The molecule has 0 saturated carbocycles. The van der Waals surface area contributed by atoms with E-state index in [0.29, 0.717) is 12.6 Å². The van der Waals surface area contributed by atoms with Crippen molar-refractivity contribution in [3.05, 3.63) is 53.3 Å². The Morgan fingerprint density at radius 1 is 1.30 bits per heavy atom. The molecule has 1 aliphatic heterocycles. The molecule has 2 N–H and O–H groups in total. The van der Waals surface area contributed by atoms with Crippen LogP contribution in [0.4, 0.5) is 0 Å². The maximum absolute atomic E-state index is 5.97. The molecule has 1 unspecified atom stereocenters. The average molecular weight is 270 g/mol. The van der Waals surface area contributed by atoms with Crippen molar-refractivity contribution in [2.45, 2.75) is 39.0 Å². The van der Waals surface area contributed by atoms with Crippen LogP contribution in [0.15, 0.2) is 36.7 Å². The maximum Gasteiger partial charge on any atom is 0.0534 e. The highest BCUT2D eigenvalue weighted by molar-refractivity contribution is 5.30. The fourth-order valence-electron chi connectivity index (χ4n) is 2.95. The molecule has 3 rings (SSSR count). The third-order valence-corrected chi connectivity index (χ3v) is 4.13. The van der Waals surface area contributed by atoms with Crippen molar-refractivity contribution < 1.29 is 0 Å². The van der Waals surface area contributed by atoms with E-state index in [9.17, 15) is 0 Å². The van der Waals surface area contributed by atoms with Crippen LogP contribution in [0.5, 0.6) is 0 Å². The van der Waals surface area contributed by atoms with E-state index in [1.165, 1.54) is 16.7 Å². The van der Waals surface area contributed by atoms with Gasteiger partial charge >= 0.3 is 0 Å². The normalized spacial score (nSPS) is 19.0. The summed E-state index contributed by atoms with van der Waals surface area (Å²) in [6.07, 6.45) is 5.15. The number of aromatic nitrogens is 2. The largest absolute Gasteiger partial charge is 0.329 e. The SMILES string of the molecule is CCn1cc(CN2Cc3ccccc3CC2CN)cn1. The summed E-state index contributed by atoms with van der Waals surface area (Å²) in [4.78, 5) is 2.47. The molecule has 0 amide bonds. The van der Waals surface area contributed by atoms with Gasteiger partial charge in [-0.25, -0.2) is 0 Å². The summed E-state index contributed by atoms with van der Waals surface area (Å²) in [5, 5.41) is 4.35. The van der Waals surface area contributed by atoms with Gasteiger partial charge in [0.15, 0.2) is 0 Å². The van der Waals surface area contributed by atoms with Crippen LogP contribution in [0.25, 0.3) is 0 Å². The Hall–Kier alpha value is -1.65. The van der Waals surface area contributed by atoms with E-state index in [1.54, 1.807) is 0 Å². The maximum atomic E-state index is 5.97. The Morgan fingerprint density at radius 2 is 2.10 bits per heavy atom. The molecule has 0 fully saturated rings. The molecule has 0 aliphatic carbocycles. The lowest BCUT2D eigenvalue weighted by Crippen LogP contribution is -2.44. The molecule has 2 heterocycles. The van der Waals surface area contributed by atoms with Gasteiger partial charge in [0.05, 0.1) is 6.20 Å². The van der Waals surface area contributed by atoms with Gasteiger partial charge in [-0.15, -0.1) is 0 Å². The standard InChI is InChI=1S/C16H22N4/c1-2-20-11-13(9-18-20)10-19-12-15-6-4-3-5-14(15)7-16(19)8-17/h3-6,9,11,16H,2,7-8,10,12,17H2,1H3. The van der Waals surface area contributed by atoms with E-state index >= 15 is 0 Å². The molecule has 1 aromatic heterocycles. The second-order valence-corrected chi connectivity index (χ2v) is 5.47. The van der Waals surface area contributed by atoms with Gasteiger partial charge in [-0.3, -0.25) is 9.58 Å². The molecule has 20 heavy (non-hydrogen) atoms. The smallest absolute Gasteiger partial charge is 0.0534 e. The predicted octanol–water partition coefficient (Wildman–Crippen LogP) is 1.79. The Balaban J connectivity index is 1.78. The van der Waals surface area contributed by atoms with E-state index in [0.717, 1.165) is 26.1 Å². The lowest BCUT2D eigenvalue weighted by atomic mass is 9.94. The molecule has 0 bridgehead atoms. The lowest BCUT2D eigenvalue weighted by molar-refractivity contribution is 0.167. The highest BCUT2D eigenvalue weighted by Crippen LogP contribution is 2.24. The molecular weight excluding hydrogens is 248 g/mol. The Bertz CT molecular complexity index is 575. The van der Waals surface area contributed by atoms with Crippen molar-refractivity contribution in [1.82, 2.24) is 14.7 Å².